The first-order valence-electron chi connectivity index (χ1n) is 4.80. The summed E-state index contributed by atoms with van der Waals surface area (Å²) >= 11 is 0. The Balaban J connectivity index is 2.24. The van der Waals surface area contributed by atoms with E-state index < -0.39 is 30.7 Å². The van der Waals surface area contributed by atoms with E-state index in [4.69, 9.17) is 5.26 Å². The number of ether oxygens (including phenoxy) is 1. The van der Waals surface area contributed by atoms with Gasteiger partial charge in [-0.2, -0.15) is 5.26 Å². The average molecular weight is 240 g/mol. The number of nitrogens with one attached hydrogen (secondary N) is 1. The number of rotatable bonds is 2. The fraction of sp³-hybridized carbons (Fsp3) is 0.556. The van der Waals surface area contributed by atoms with Gasteiger partial charge in [0.1, 0.15) is 6.04 Å². The van der Waals surface area contributed by atoms with Gasteiger partial charge in [0.15, 0.2) is 6.61 Å². The summed E-state index contributed by atoms with van der Waals surface area (Å²) in [6.07, 6.45) is -0.672. The Morgan fingerprint density at radius 3 is 2.65 bits per heavy atom. The Labute approximate surface area is 97.7 Å². The fourth-order valence-corrected chi connectivity index (χ4v) is 0.958. The maximum Gasteiger partial charge on any atom is 0.409 e. The molecular formula is C9H12N4O4. The van der Waals surface area contributed by atoms with Crippen molar-refractivity contribution in [3.63, 3.8) is 0 Å². The van der Waals surface area contributed by atoms with Gasteiger partial charge in [0.25, 0.3) is 5.91 Å². The van der Waals surface area contributed by atoms with E-state index in [-0.39, 0.29) is 0 Å². The molecule has 1 saturated heterocycles. The van der Waals surface area contributed by atoms with Crippen molar-refractivity contribution in [1.82, 2.24) is 15.1 Å². The highest BCUT2D eigenvalue weighted by molar-refractivity contribution is 5.96. The average Bonchev–Trinajstić information content (AvgIpc) is 3.04. The Hall–Kier alpha value is -2.30. The van der Waals surface area contributed by atoms with Crippen LogP contribution in [0.3, 0.4) is 0 Å². The third kappa shape index (κ3) is 3.64. The van der Waals surface area contributed by atoms with Crippen molar-refractivity contribution >= 4 is 18.0 Å². The van der Waals surface area contributed by atoms with Gasteiger partial charge in [-0.15, -0.1) is 0 Å². The minimum absolute atomic E-state index is 0.313. The van der Waals surface area contributed by atoms with E-state index in [9.17, 15) is 14.4 Å². The normalized spacial score (nSPS) is 16.8. The highest BCUT2D eigenvalue weighted by Gasteiger charge is 2.39. The van der Waals surface area contributed by atoms with E-state index >= 15 is 0 Å². The van der Waals surface area contributed by atoms with Gasteiger partial charge in [-0.25, -0.2) is 9.59 Å². The van der Waals surface area contributed by atoms with Gasteiger partial charge in [-0.05, 0) is 0 Å². The molecule has 1 fully saturated rings. The van der Waals surface area contributed by atoms with Crippen molar-refractivity contribution in [3.05, 3.63) is 0 Å². The van der Waals surface area contributed by atoms with Gasteiger partial charge in [0, 0.05) is 14.1 Å². The predicted octanol–water partition coefficient (Wildman–Crippen LogP) is -0.871. The zero-order chi connectivity index (χ0) is 13.0. The summed E-state index contributed by atoms with van der Waals surface area (Å²) in [6, 6.07) is 0.754. The summed E-state index contributed by atoms with van der Waals surface area (Å²) in [6.45, 7) is -0.221. The van der Waals surface area contributed by atoms with Crippen LogP contribution >= 0.6 is 0 Å². The molecule has 0 spiro atoms. The zero-order valence-corrected chi connectivity index (χ0v) is 9.47. The summed E-state index contributed by atoms with van der Waals surface area (Å²) in [5, 5.41) is 10.5. The number of urea groups is 1. The van der Waals surface area contributed by atoms with Crippen LogP contribution in [-0.2, 0) is 9.53 Å². The molecule has 1 unspecified atom stereocenters. The Bertz CT molecular complexity index is 387. The Morgan fingerprint density at radius 1 is 1.53 bits per heavy atom. The van der Waals surface area contributed by atoms with Crippen LogP contribution in [0, 0.1) is 11.3 Å². The maximum atomic E-state index is 11.3. The van der Waals surface area contributed by atoms with E-state index in [2.05, 4.69) is 4.74 Å². The fourth-order valence-electron chi connectivity index (χ4n) is 0.958. The largest absolute Gasteiger partial charge is 0.439 e. The van der Waals surface area contributed by atoms with E-state index in [1.54, 1.807) is 0 Å². The van der Waals surface area contributed by atoms with Crippen LogP contribution in [-0.4, -0.2) is 61.1 Å². The molecule has 0 aromatic heterocycles. The van der Waals surface area contributed by atoms with Gasteiger partial charge in [0.05, 0.1) is 12.6 Å². The van der Waals surface area contributed by atoms with Crippen molar-refractivity contribution < 1.29 is 19.1 Å². The van der Waals surface area contributed by atoms with Crippen molar-refractivity contribution in [2.24, 2.45) is 0 Å². The van der Waals surface area contributed by atoms with E-state index in [1.807, 2.05) is 11.4 Å². The number of hydrogen-bond acceptors (Lipinski definition) is 5. The Morgan fingerprint density at radius 2 is 2.18 bits per heavy atom. The molecule has 1 N–H and O–H groups in total. The van der Waals surface area contributed by atoms with Gasteiger partial charge in [-0.1, -0.05) is 0 Å². The van der Waals surface area contributed by atoms with Crippen molar-refractivity contribution in [3.8, 4) is 6.07 Å². The number of amides is 4. The lowest BCUT2D eigenvalue weighted by atomic mass is 10.5. The SMILES string of the molecule is CN(C)C(=O)OCC(=O)NC(=O)N1CC1C#N. The molecule has 0 radical (unpaired) electrons. The van der Waals surface area contributed by atoms with Crippen LogP contribution in [0.2, 0.25) is 0 Å². The molecule has 8 nitrogen and oxygen atoms in total. The summed E-state index contributed by atoms with van der Waals surface area (Å²) in [5.41, 5.74) is 0. The van der Waals surface area contributed by atoms with E-state index in [0.29, 0.717) is 6.54 Å². The Kier molecular flexibility index (Phi) is 3.87. The van der Waals surface area contributed by atoms with E-state index in [1.165, 1.54) is 19.0 Å². The van der Waals surface area contributed by atoms with Crippen molar-refractivity contribution in [2.45, 2.75) is 6.04 Å². The lowest BCUT2D eigenvalue weighted by molar-refractivity contribution is -0.123. The maximum absolute atomic E-state index is 11.3. The first kappa shape index (κ1) is 12.8. The number of carbonyl (C=O) groups excluding carboxylic acids is 3. The summed E-state index contributed by atoms with van der Waals surface area (Å²) < 4.78 is 4.56. The third-order valence-corrected chi connectivity index (χ3v) is 1.96. The smallest absolute Gasteiger partial charge is 0.409 e. The van der Waals surface area contributed by atoms with Gasteiger partial charge >= 0.3 is 12.1 Å². The van der Waals surface area contributed by atoms with Crippen LogP contribution in [0.4, 0.5) is 9.59 Å². The second-order valence-electron chi connectivity index (χ2n) is 3.60. The first-order valence-corrected chi connectivity index (χ1v) is 4.80. The van der Waals surface area contributed by atoms with Crippen LogP contribution < -0.4 is 5.32 Å². The summed E-state index contributed by atoms with van der Waals surface area (Å²) in [7, 11) is 2.94. The van der Waals surface area contributed by atoms with Gasteiger partial charge in [0.2, 0.25) is 0 Å². The standard InChI is InChI=1S/C9H12N4O4/c1-12(2)9(16)17-5-7(14)11-8(15)13-4-6(13)3-10/h6H,4-5H2,1-2H3,(H,11,14,15). The molecule has 1 rings (SSSR count). The van der Waals surface area contributed by atoms with Crippen molar-refractivity contribution in [1.29, 1.82) is 5.26 Å². The van der Waals surface area contributed by atoms with Crippen LogP contribution in [0.15, 0.2) is 0 Å². The highest BCUT2D eigenvalue weighted by Crippen LogP contribution is 2.15. The van der Waals surface area contributed by atoms with Crippen LogP contribution in [0.25, 0.3) is 0 Å². The second kappa shape index (κ2) is 5.16. The molecule has 1 heterocycles. The molecule has 92 valence electrons. The molecular weight excluding hydrogens is 228 g/mol. The monoisotopic (exact) mass is 240 g/mol. The molecule has 17 heavy (non-hydrogen) atoms. The topological polar surface area (TPSA) is 103 Å². The van der Waals surface area contributed by atoms with Crippen LogP contribution in [0.5, 0.6) is 0 Å². The minimum Gasteiger partial charge on any atom is -0.439 e. The molecule has 1 atom stereocenters. The molecule has 1 aliphatic heterocycles. The number of nitriles is 1. The second-order valence-corrected chi connectivity index (χ2v) is 3.60. The van der Waals surface area contributed by atoms with Crippen LogP contribution in [0.1, 0.15) is 0 Å². The number of hydrogen-bond donors (Lipinski definition) is 1. The first-order chi connectivity index (χ1) is 7.95. The molecule has 0 bridgehead atoms. The quantitative estimate of drug-likeness (QED) is 0.632. The van der Waals surface area contributed by atoms with Gasteiger partial charge in [-0.3, -0.25) is 10.1 Å². The molecule has 1 aliphatic rings. The lowest BCUT2D eigenvalue weighted by Crippen LogP contribution is -2.38. The molecule has 0 aromatic rings. The number of nitrogens with zero attached hydrogens (tertiary/aromatic N) is 3. The summed E-state index contributed by atoms with van der Waals surface area (Å²) in [4.78, 5) is 35.7. The highest BCUT2D eigenvalue weighted by atomic mass is 16.6. The lowest BCUT2D eigenvalue weighted by Gasteiger charge is -2.10. The predicted molar refractivity (Wildman–Crippen MR) is 54.7 cm³/mol. The number of carbonyl (C=O) groups is 3. The van der Waals surface area contributed by atoms with Gasteiger partial charge < -0.3 is 14.5 Å². The summed E-state index contributed by atoms with van der Waals surface area (Å²) in [5.74, 6) is -0.728. The number of imide groups is 1. The minimum atomic E-state index is -0.728. The van der Waals surface area contributed by atoms with E-state index in [0.717, 1.165) is 4.90 Å². The molecule has 0 aliphatic carbocycles. The van der Waals surface area contributed by atoms with Crippen molar-refractivity contribution in [2.75, 3.05) is 27.2 Å². The molecule has 0 saturated carbocycles. The molecule has 8 heteroatoms. The third-order valence-electron chi connectivity index (χ3n) is 1.96. The zero-order valence-electron chi connectivity index (χ0n) is 9.47. The molecule has 4 amide bonds. The molecule has 0 aromatic carbocycles.